The predicted octanol–water partition coefficient (Wildman–Crippen LogP) is 14.5. The number of benzene rings is 7. The van der Waals surface area contributed by atoms with Gasteiger partial charge in [-0.15, -0.1) is 0 Å². The first-order valence-electron chi connectivity index (χ1n) is 21.5. The van der Waals surface area contributed by atoms with E-state index >= 15 is 0 Å². The number of anilines is 5. The van der Waals surface area contributed by atoms with E-state index in [1.54, 1.807) is 11.1 Å². The highest BCUT2D eigenvalue weighted by molar-refractivity contribution is 5.90. The normalized spacial score (nSPS) is 17.4. The molecule has 0 atom stereocenters. The molecule has 7 aromatic rings. The van der Waals surface area contributed by atoms with Gasteiger partial charge in [0.2, 0.25) is 0 Å². The summed E-state index contributed by atoms with van der Waals surface area (Å²) in [5.74, 6) is 0. The first-order valence-corrected chi connectivity index (χ1v) is 21.5. The van der Waals surface area contributed by atoms with Crippen LogP contribution in [0.15, 0.2) is 146 Å². The molecule has 1 fully saturated rings. The summed E-state index contributed by atoms with van der Waals surface area (Å²) in [5.41, 5.74) is 24.8. The number of hydrogen-bond donors (Lipinski definition) is 0. The molecule has 2 heteroatoms. The molecule has 2 heterocycles. The summed E-state index contributed by atoms with van der Waals surface area (Å²) in [7, 11) is 0. The minimum Gasteiger partial charge on any atom is -0.341 e. The van der Waals surface area contributed by atoms with Gasteiger partial charge in [0.05, 0.1) is 0 Å². The number of fused-ring (bicyclic) bond motifs is 11. The lowest BCUT2D eigenvalue weighted by molar-refractivity contribution is 0.549. The molecule has 0 amide bonds. The van der Waals surface area contributed by atoms with Crippen LogP contribution >= 0.6 is 0 Å². The Hall–Kier alpha value is -6.12. The van der Waals surface area contributed by atoms with Crippen molar-refractivity contribution >= 4 is 40.6 Å². The van der Waals surface area contributed by atoms with Crippen LogP contribution in [0.1, 0.15) is 96.0 Å². The van der Waals surface area contributed by atoms with E-state index in [1.165, 1.54) is 128 Å². The second-order valence-corrected chi connectivity index (χ2v) is 18.0. The molecule has 0 unspecified atom stereocenters. The summed E-state index contributed by atoms with van der Waals surface area (Å²) < 4.78 is 0. The van der Waals surface area contributed by atoms with E-state index in [1.807, 2.05) is 0 Å². The summed E-state index contributed by atoms with van der Waals surface area (Å²) in [6.45, 7) is 5.89. The molecular formula is C56H48N2. The molecule has 12 rings (SSSR count). The van der Waals surface area contributed by atoms with Gasteiger partial charge in [-0.2, -0.15) is 0 Å². The van der Waals surface area contributed by atoms with Crippen LogP contribution in [-0.2, 0) is 23.7 Å². The Kier molecular flexibility index (Phi) is 7.43. The molecule has 0 N–H and O–H groups in total. The van der Waals surface area contributed by atoms with Crippen LogP contribution in [0.5, 0.6) is 0 Å². The molecule has 0 saturated heterocycles. The molecule has 0 bridgehead atoms. The molecule has 0 radical (unpaired) electrons. The second kappa shape index (κ2) is 12.7. The Balaban J connectivity index is 0.857. The molecule has 7 aromatic carbocycles. The third-order valence-corrected chi connectivity index (χ3v) is 14.5. The van der Waals surface area contributed by atoms with Crippen molar-refractivity contribution < 1.29 is 0 Å². The van der Waals surface area contributed by atoms with Crippen molar-refractivity contribution in [3.05, 3.63) is 196 Å². The van der Waals surface area contributed by atoms with Crippen LogP contribution < -0.4 is 9.80 Å². The Morgan fingerprint density at radius 3 is 1.64 bits per heavy atom. The summed E-state index contributed by atoms with van der Waals surface area (Å²) in [4.78, 5) is 5.04. The van der Waals surface area contributed by atoms with Gasteiger partial charge in [0.15, 0.2) is 0 Å². The van der Waals surface area contributed by atoms with Crippen LogP contribution in [0.3, 0.4) is 0 Å². The highest BCUT2D eigenvalue weighted by atomic mass is 15.2. The Bertz CT molecular complexity index is 2800. The fourth-order valence-corrected chi connectivity index (χ4v) is 11.6. The van der Waals surface area contributed by atoms with Crippen molar-refractivity contribution in [3.63, 3.8) is 0 Å². The highest BCUT2D eigenvalue weighted by Gasteiger charge is 2.45. The zero-order chi connectivity index (χ0) is 38.6. The largest absolute Gasteiger partial charge is 0.341 e. The monoisotopic (exact) mass is 748 g/mol. The number of aryl methyl sites for hydroxylation is 1. The molecular weight excluding hydrogens is 701 g/mol. The number of nitrogens with zero attached hydrogens (tertiary/aromatic N) is 2. The Labute approximate surface area is 343 Å². The van der Waals surface area contributed by atoms with Gasteiger partial charge in [0.25, 0.3) is 0 Å². The fraction of sp³-hybridized carbons (Fsp3) is 0.214. The van der Waals surface area contributed by atoms with Gasteiger partial charge in [-0.3, -0.25) is 0 Å². The average molecular weight is 749 g/mol. The molecule has 1 saturated carbocycles. The van der Waals surface area contributed by atoms with Gasteiger partial charge in [0.1, 0.15) is 0 Å². The van der Waals surface area contributed by atoms with Crippen molar-refractivity contribution in [3.8, 4) is 22.3 Å². The van der Waals surface area contributed by atoms with Gasteiger partial charge in [0, 0.05) is 52.2 Å². The van der Waals surface area contributed by atoms with Crippen molar-refractivity contribution in [1.82, 2.24) is 0 Å². The minimum absolute atomic E-state index is 0.112. The molecule has 1 spiro atoms. The highest BCUT2D eigenvalue weighted by Crippen LogP contribution is 2.58. The number of para-hydroxylation sites is 3. The summed E-state index contributed by atoms with van der Waals surface area (Å²) >= 11 is 0. The van der Waals surface area contributed by atoms with Crippen LogP contribution in [0, 0.1) is 0 Å². The lowest BCUT2D eigenvalue weighted by Crippen LogP contribution is -2.25. The van der Waals surface area contributed by atoms with E-state index < -0.39 is 0 Å². The van der Waals surface area contributed by atoms with E-state index in [2.05, 4.69) is 181 Å². The Morgan fingerprint density at radius 2 is 0.966 bits per heavy atom. The van der Waals surface area contributed by atoms with Crippen molar-refractivity contribution in [2.45, 2.75) is 69.6 Å². The van der Waals surface area contributed by atoms with Crippen molar-refractivity contribution in [1.29, 1.82) is 0 Å². The van der Waals surface area contributed by atoms with Crippen molar-refractivity contribution in [2.24, 2.45) is 0 Å². The van der Waals surface area contributed by atoms with Gasteiger partial charge in [-0.05, 0) is 140 Å². The first-order chi connectivity index (χ1) is 28.5. The van der Waals surface area contributed by atoms with Crippen molar-refractivity contribution in [2.75, 3.05) is 16.3 Å². The van der Waals surface area contributed by atoms with E-state index in [0.717, 1.165) is 13.0 Å². The van der Waals surface area contributed by atoms with E-state index in [9.17, 15) is 0 Å². The van der Waals surface area contributed by atoms with E-state index in [4.69, 9.17) is 0 Å². The molecule has 0 aromatic heterocycles. The molecule has 2 nitrogen and oxygen atoms in total. The van der Waals surface area contributed by atoms with E-state index in [0.29, 0.717) is 0 Å². The topological polar surface area (TPSA) is 6.48 Å². The predicted molar refractivity (Wildman–Crippen MR) is 243 cm³/mol. The smallest absolute Gasteiger partial charge is 0.0497 e. The lowest BCUT2D eigenvalue weighted by atomic mass is 9.76. The third-order valence-electron chi connectivity index (χ3n) is 14.5. The molecule has 3 aliphatic carbocycles. The molecule has 282 valence electrons. The first kappa shape index (κ1) is 34.0. The SMILES string of the molecule is CC1(C)c2cc(/C=C/c3ccc4c(c3)C3(CCCC3)c3cc(N5CCCc6ccccc65)ccc3-4)ccc2-c2ccc(N3c4ccccc4Cc4ccccc43)cc21. The van der Waals surface area contributed by atoms with Gasteiger partial charge < -0.3 is 9.80 Å². The quantitative estimate of drug-likeness (QED) is 0.165. The van der Waals surface area contributed by atoms with Gasteiger partial charge >= 0.3 is 0 Å². The standard InChI is InChI=1S/C56H48N2/c1-55(2)48-32-37(21-25-44(48)45-28-24-43(36-49(45)55)58-53-17-7-4-13-40(53)34-41-14-5-8-18-54(41)58)19-20-38-22-26-46-47-27-23-42(57-31-11-15-39-12-3-6-16-52(39)57)35-51(47)56(50(46)33-38)29-9-10-30-56/h3-8,12-14,16-28,32-33,35-36H,9-11,15,29-31,34H2,1-2H3/b20-19+. The maximum atomic E-state index is 2.57. The zero-order valence-electron chi connectivity index (χ0n) is 33.6. The summed E-state index contributed by atoms with van der Waals surface area (Å²) in [5, 5.41) is 0. The minimum atomic E-state index is -0.122. The van der Waals surface area contributed by atoms with E-state index in [-0.39, 0.29) is 10.8 Å². The van der Waals surface area contributed by atoms with Crippen LogP contribution in [0.25, 0.3) is 34.4 Å². The average Bonchev–Trinajstić information content (AvgIpc) is 3.93. The van der Waals surface area contributed by atoms with Gasteiger partial charge in [-0.25, -0.2) is 0 Å². The number of hydrogen-bond acceptors (Lipinski definition) is 2. The number of rotatable bonds is 4. The molecule has 5 aliphatic rings. The maximum Gasteiger partial charge on any atom is 0.0497 e. The molecule has 2 aliphatic heterocycles. The summed E-state index contributed by atoms with van der Waals surface area (Å²) in [6.07, 6.45) is 13.1. The maximum absolute atomic E-state index is 2.57. The van der Waals surface area contributed by atoms with Gasteiger partial charge in [-0.1, -0.05) is 142 Å². The second-order valence-electron chi connectivity index (χ2n) is 18.0. The Morgan fingerprint density at radius 1 is 0.466 bits per heavy atom. The zero-order valence-corrected chi connectivity index (χ0v) is 33.6. The fourth-order valence-electron chi connectivity index (χ4n) is 11.6. The summed E-state index contributed by atoms with van der Waals surface area (Å²) in [6, 6.07) is 55.7. The third kappa shape index (κ3) is 4.97. The molecule has 58 heavy (non-hydrogen) atoms. The van der Waals surface area contributed by atoms with Crippen LogP contribution in [0.2, 0.25) is 0 Å². The van der Waals surface area contributed by atoms with Crippen LogP contribution in [0.4, 0.5) is 28.4 Å². The van der Waals surface area contributed by atoms with Crippen LogP contribution in [-0.4, -0.2) is 6.54 Å². The lowest BCUT2D eigenvalue weighted by Gasteiger charge is -2.34.